The molecule has 2 aliphatic heterocycles. The standard InChI is InChI=1S/C12H21NO4/c1-8-3-10(7-16-8)12(15)13-4-9(2)17-11(5-13)6-14/h8-11,14H,3-7H2,1-2H3. The third-order valence-electron chi connectivity index (χ3n) is 3.39. The van der Waals surface area contributed by atoms with Gasteiger partial charge in [0, 0.05) is 13.1 Å². The van der Waals surface area contributed by atoms with Crippen LogP contribution in [0.2, 0.25) is 0 Å². The Kier molecular flexibility index (Phi) is 4.01. The van der Waals surface area contributed by atoms with Crippen molar-refractivity contribution in [1.29, 1.82) is 0 Å². The van der Waals surface area contributed by atoms with Gasteiger partial charge in [-0.05, 0) is 20.3 Å². The van der Waals surface area contributed by atoms with Crippen LogP contribution in [0.25, 0.3) is 0 Å². The first-order valence-corrected chi connectivity index (χ1v) is 6.27. The number of hydrogen-bond donors (Lipinski definition) is 1. The van der Waals surface area contributed by atoms with Gasteiger partial charge in [-0.15, -0.1) is 0 Å². The lowest BCUT2D eigenvalue weighted by Gasteiger charge is -2.37. The molecule has 5 nitrogen and oxygen atoms in total. The van der Waals surface area contributed by atoms with E-state index in [-0.39, 0.29) is 36.7 Å². The fourth-order valence-corrected chi connectivity index (χ4v) is 2.57. The lowest BCUT2D eigenvalue weighted by Crippen LogP contribution is -2.52. The van der Waals surface area contributed by atoms with E-state index >= 15 is 0 Å². The molecule has 1 N–H and O–H groups in total. The van der Waals surface area contributed by atoms with Crippen LogP contribution in [0.15, 0.2) is 0 Å². The summed E-state index contributed by atoms with van der Waals surface area (Å²) in [7, 11) is 0. The number of amides is 1. The van der Waals surface area contributed by atoms with E-state index in [1.54, 1.807) is 4.90 Å². The zero-order valence-electron chi connectivity index (χ0n) is 10.5. The molecule has 98 valence electrons. The maximum Gasteiger partial charge on any atom is 0.228 e. The molecule has 0 aromatic rings. The maximum atomic E-state index is 12.3. The van der Waals surface area contributed by atoms with E-state index in [0.29, 0.717) is 19.7 Å². The summed E-state index contributed by atoms with van der Waals surface area (Å²) in [4.78, 5) is 14.1. The molecule has 0 radical (unpaired) electrons. The van der Waals surface area contributed by atoms with Gasteiger partial charge in [0.15, 0.2) is 0 Å². The summed E-state index contributed by atoms with van der Waals surface area (Å²) in [5.41, 5.74) is 0. The van der Waals surface area contributed by atoms with Gasteiger partial charge in [0.1, 0.15) is 0 Å². The quantitative estimate of drug-likeness (QED) is 0.743. The lowest BCUT2D eigenvalue weighted by atomic mass is 10.0. The molecule has 2 heterocycles. The SMILES string of the molecule is CC1CC(C(=O)N2CC(C)OC(CO)C2)CO1. The van der Waals surface area contributed by atoms with Gasteiger partial charge in [-0.1, -0.05) is 0 Å². The van der Waals surface area contributed by atoms with E-state index in [1.165, 1.54) is 0 Å². The van der Waals surface area contributed by atoms with Crippen molar-refractivity contribution in [2.45, 2.75) is 38.6 Å². The van der Waals surface area contributed by atoms with Crippen LogP contribution in [-0.4, -0.2) is 60.5 Å². The third-order valence-corrected chi connectivity index (χ3v) is 3.39. The number of carbonyl (C=O) groups excluding carboxylic acids is 1. The summed E-state index contributed by atoms with van der Waals surface area (Å²) in [5.74, 6) is 0.123. The Morgan fingerprint density at radius 1 is 1.35 bits per heavy atom. The largest absolute Gasteiger partial charge is 0.394 e. The molecule has 0 aromatic heterocycles. The van der Waals surface area contributed by atoms with Crippen LogP contribution in [0.4, 0.5) is 0 Å². The normalized spacial score (nSPS) is 38.4. The molecule has 0 spiro atoms. The van der Waals surface area contributed by atoms with Gasteiger partial charge in [0.2, 0.25) is 5.91 Å². The molecule has 0 aromatic carbocycles. The predicted octanol–water partition coefficient (Wildman–Crippen LogP) is 0.0196. The molecule has 17 heavy (non-hydrogen) atoms. The zero-order chi connectivity index (χ0) is 12.4. The second-order valence-corrected chi connectivity index (χ2v) is 5.07. The second-order valence-electron chi connectivity index (χ2n) is 5.07. The molecule has 2 rings (SSSR count). The van der Waals surface area contributed by atoms with E-state index < -0.39 is 0 Å². The number of aliphatic hydroxyl groups is 1. The molecule has 2 aliphatic rings. The van der Waals surface area contributed by atoms with Crippen molar-refractivity contribution in [3.8, 4) is 0 Å². The first-order chi connectivity index (χ1) is 8.10. The van der Waals surface area contributed by atoms with E-state index in [4.69, 9.17) is 14.6 Å². The van der Waals surface area contributed by atoms with E-state index in [0.717, 1.165) is 6.42 Å². The Hall–Kier alpha value is -0.650. The molecular weight excluding hydrogens is 222 g/mol. The minimum Gasteiger partial charge on any atom is -0.394 e. The summed E-state index contributed by atoms with van der Waals surface area (Å²) in [6.45, 7) is 5.51. The number of hydrogen-bond acceptors (Lipinski definition) is 4. The highest BCUT2D eigenvalue weighted by Crippen LogP contribution is 2.23. The van der Waals surface area contributed by atoms with Crippen molar-refractivity contribution in [1.82, 2.24) is 4.90 Å². The molecule has 2 saturated heterocycles. The number of carbonyl (C=O) groups is 1. The fraction of sp³-hybridized carbons (Fsp3) is 0.917. The van der Waals surface area contributed by atoms with Gasteiger partial charge in [-0.2, -0.15) is 0 Å². The minimum absolute atomic E-state index is 0.00963. The summed E-state index contributed by atoms with van der Waals surface area (Å²) in [6, 6.07) is 0. The van der Waals surface area contributed by atoms with Crippen molar-refractivity contribution >= 4 is 5.91 Å². The molecule has 4 unspecified atom stereocenters. The third kappa shape index (κ3) is 2.97. The van der Waals surface area contributed by atoms with Gasteiger partial charge >= 0.3 is 0 Å². The highest BCUT2D eigenvalue weighted by molar-refractivity contribution is 5.79. The first kappa shape index (κ1) is 12.8. The Balaban J connectivity index is 1.94. The number of aliphatic hydroxyl groups excluding tert-OH is 1. The fourth-order valence-electron chi connectivity index (χ4n) is 2.57. The molecule has 4 atom stereocenters. The highest BCUT2D eigenvalue weighted by atomic mass is 16.5. The van der Waals surface area contributed by atoms with Crippen LogP contribution in [0.1, 0.15) is 20.3 Å². The Labute approximate surface area is 102 Å². The Morgan fingerprint density at radius 3 is 2.71 bits per heavy atom. The summed E-state index contributed by atoms with van der Waals surface area (Å²) < 4.78 is 11.0. The minimum atomic E-state index is -0.248. The van der Waals surface area contributed by atoms with E-state index in [1.807, 2.05) is 13.8 Å². The van der Waals surface area contributed by atoms with E-state index in [9.17, 15) is 4.79 Å². The van der Waals surface area contributed by atoms with Crippen LogP contribution in [0.5, 0.6) is 0 Å². The van der Waals surface area contributed by atoms with Gasteiger partial charge in [0.25, 0.3) is 0 Å². The van der Waals surface area contributed by atoms with Crippen molar-refractivity contribution in [3.05, 3.63) is 0 Å². The van der Waals surface area contributed by atoms with Gasteiger partial charge in [-0.25, -0.2) is 0 Å². The van der Waals surface area contributed by atoms with Crippen LogP contribution in [0.3, 0.4) is 0 Å². The summed E-state index contributed by atoms with van der Waals surface area (Å²) >= 11 is 0. The maximum absolute atomic E-state index is 12.3. The molecular formula is C12H21NO4. The van der Waals surface area contributed by atoms with Gasteiger partial charge in [0.05, 0.1) is 37.4 Å². The van der Waals surface area contributed by atoms with Crippen LogP contribution in [0, 0.1) is 5.92 Å². The van der Waals surface area contributed by atoms with Crippen molar-refractivity contribution in [2.24, 2.45) is 5.92 Å². The number of nitrogens with zero attached hydrogens (tertiary/aromatic N) is 1. The first-order valence-electron chi connectivity index (χ1n) is 6.27. The van der Waals surface area contributed by atoms with Gasteiger partial charge < -0.3 is 19.5 Å². The second kappa shape index (κ2) is 5.33. The molecule has 5 heteroatoms. The lowest BCUT2D eigenvalue weighted by molar-refractivity contribution is -0.151. The van der Waals surface area contributed by atoms with Crippen molar-refractivity contribution in [3.63, 3.8) is 0 Å². The Morgan fingerprint density at radius 2 is 2.12 bits per heavy atom. The van der Waals surface area contributed by atoms with Crippen LogP contribution < -0.4 is 0 Å². The Bertz CT molecular complexity index is 284. The molecule has 1 amide bonds. The average molecular weight is 243 g/mol. The van der Waals surface area contributed by atoms with E-state index in [2.05, 4.69) is 0 Å². The molecule has 0 saturated carbocycles. The van der Waals surface area contributed by atoms with Crippen LogP contribution >= 0.6 is 0 Å². The summed E-state index contributed by atoms with van der Waals surface area (Å²) in [5, 5.41) is 9.13. The topological polar surface area (TPSA) is 59.0 Å². The molecule has 2 fully saturated rings. The highest BCUT2D eigenvalue weighted by Gasteiger charge is 2.35. The number of ether oxygens (including phenoxy) is 2. The monoisotopic (exact) mass is 243 g/mol. The molecule has 0 aliphatic carbocycles. The number of rotatable bonds is 2. The number of morpholine rings is 1. The van der Waals surface area contributed by atoms with Crippen LogP contribution in [-0.2, 0) is 14.3 Å². The van der Waals surface area contributed by atoms with Gasteiger partial charge in [-0.3, -0.25) is 4.79 Å². The molecule has 0 bridgehead atoms. The summed E-state index contributed by atoms with van der Waals surface area (Å²) in [6.07, 6.45) is 0.719. The van der Waals surface area contributed by atoms with Crippen molar-refractivity contribution in [2.75, 3.05) is 26.3 Å². The predicted molar refractivity (Wildman–Crippen MR) is 61.5 cm³/mol. The zero-order valence-corrected chi connectivity index (χ0v) is 10.5. The van der Waals surface area contributed by atoms with Crippen molar-refractivity contribution < 1.29 is 19.4 Å². The smallest absolute Gasteiger partial charge is 0.228 e. The average Bonchev–Trinajstić information content (AvgIpc) is 2.74.